The molecular formula is C10H13N5O2. The molecule has 0 saturated carbocycles. The molecule has 0 aliphatic carbocycles. The molecule has 7 nitrogen and oxygen atoms in total. The van der Waals surface area contributed by atoms with Crippen LogP contribution in [0.1, 0.15) is 13.3 Å². The number of carboxylic acid groups (broad SMARTS) is 1. The highest BCUT2D eigenvalue weighted by Gasteiger charge is 2.13. The van der Waals surface area contributed by atoms with Crippen molar-refractivity contribution in [3.05, 3.63) is 18.7 Å². The summed E-state index contributed by atoms with van der Waals surface area (Å²) in [7, 11) is 0. The number of rotatable bonds is 5. The summed E-state index contributed by atoms with van der Waals surface area (Å²) in [5.74, 6) is -0.161. The molecule has 0 spiro atoms. The van der Waals surface area contributed by atoms with Crippen molar-refractivity contribution in [2.75, 3.05) is 18.0 Å². The summed E-state index contributed by atoms with van der Waals surface area (Å²) >= 11 is 0. The lowest BCUT2D eigenvalue weighted by Crippen LogP contribution is -2.27. The third-order valence-electron chi connectivity index (χ3n) is 2.47. The van der Waals surface area contributed by atoms with Crippen molar-refractivity contribution in [1.29, 1.82) is 0 Å². The van der Waals surface area contributed by atoms with Gasteiger partial charge in [0.1, 0.15) is 6.33 Å². The molecule has 2 rings (SSSR count). The zero-order chi connectivity index (χ0) is 12.3. The molecule has 0 unspecified atom stereocenters. The molecule has 0 amide bonds. The van der Waals surface area contributed by atoms with Crippen LogP contribution in [0.25, 0.3) is 5.65 Å². The second-order valence-corrected chi connectivity index (χ2v) is 3.54. The maximum absolute atomic E-state index is 10.6. The molecule has 2 aromatic heterocycles. The molecule has 0 bridgehead atoms. The minimum atomic E-state index is -0.822. The van der Waals surface area contributed by atoms with Crippen LogP contribution in [-0.2, 0) is 4.79 Å². The van der Waals surface area contributed by atoms with E-state index in [0.717, 1.165) is 0 Å². The third-order valence-corrected chi connectivity index (χ3v) is 2.47. The van der Waals surface area contributed by atoms with Crippen molar-refractivity contribution in [1.82, 2.24) is 19.6 Å². The number of nitrogens with zero attached hydrogens (tertiary/aromatic N) is 5. The highest BCUT2D eigenvalue weighted by Crippen LogP contribution is 2.15. The van der Waals surface area contributed by atoms with Gasteiger partial charge in [-0.2, -0.15) is 0 Å². The van der Waals surface area contributed by atoms with Crippen LogP contribution in [0.3, 0.4) is 0 Å². The minimum absolute atomic E-state index is 0.0741. The van der Waals surface area contributed by atoms with Crippen LogP contribution >= 0.6 is 0 Å². The van der Waals surface area contributed by atoms with E-state index in [1.165, 1.54) is 0 Å². The molecule has 0 aliphatic heterocycles. The quantitative estimate of drug-likeness (QED) is 0.808. The van der Waals surface area contributed by atoms with Crippen molar-refractivity contribution in [2.24, 2.45) is 0 Å². The first-order valence-electron chi connectivity index (χ1n) is 5.33. The summed E-state index contributed by atoms with van der Waals surface area (Å²) in [5, 5.41) is 16.5. The predicted molar refractivity (Wildman–Crippen MR) is 60.9 cm³/mol. The Morgan fingerprint density at radius 2 is 2.41 bits per heavy atom. The second kappa shape index (κ2) is 4.77. The number of fused-ring (bicyclic) bond motifs is 1. The fourth-order valence-electron chi connectivity index (χ4n) is 1.61. The molecular weight excluding hydrogens is 222 g/mol. The Kier molecular flexibility index (Phi) is 3.17. The van der Waals surface area contributed by atoms with Gasteiger partial charge in [-0.3, -0.25) is 9.20 Å². The number of aliphatic carboxylic acids is 1. The summed E-state index contributed by atoms with van der Waals surface area (Å²) in [6.07, 6.45) is 5.06. The van der Waals surface area contributed by atoms with Crippen LogP contribution in [0.15, 0.2) is 18.7 Å². The van der Waals surface area contributed by atoms with Crippen LogP contribution in [0, 0.1) is 0 Å². The SMILES string of the molecule is CCN(CCC(=O)O)c1nccn2cnnc12. The van der Waals surface area contributed by atoms with Gasteiger partial charge >= 0.3 is 5.97 Å². The fraction of sp³-hybridized carbons (Fsp3) is 0.400. The van der Waals surface area contributed by atoms with Crippen molar-refractivity contribution >= 4 is 17.4 Å². The topological polar surface area (TPSA) is 83.6 Å². The van der Waals surface area contributed by atoms with E-state index in [-0.39, 0.29) is 6.42 Å². The Labute approximate surface area is 97.7 Å². The van der Waals surface area contributed by atoms with Crippen molar-refractivity contribution < 1.29 is 9.90 Å². The smallest absolute Gasteiger partial charge is 0.305 e. The second-order valence-electron chi connectivity index (χ2n) is 3.54. The number of hydrogen-bond acceptors (Lipinski definition) is 5. The number of hydrogen-bond donors (Lipinski definition) is 1. The lowest BCUT2D eigenvalue weighted by molar-refractivity contribution is -0.136. The molecule has 2 heterocycles. The summed E-state index contributed by atoms with van der Waals surface area (Å²) in [4.78, 5) is 16.7. The zero-order valence-electron chi connectivity index (χ0n) is 9.44. The normalized spacial score (nSPS) is 10.6. The van der Waals surface area contributed by atoms with Gasteiger partial charge in [0.15, 0.2) is 5.82 Å². The van der Waals surface area contributed by atoms with Crippen LogP contribution in [0.2, 0.25) is 0 Å². The maximum atomic E-state index is 10.6. The molecule has 0 atom stereocenters. The Balaban J connectivity index is 2.29. The molecule has 0 aromatic carbocycles. The highest BCUT2D eigenvalue weighted by molar-refractivity contribution is 5.69. The standard InChI is InChI=1S/C10H13N5O2/c1-2-14(5-3-8(16)17)9-10-13-12-7-15(10)6-4-11-9/h4,6-7H,2-3,5H2,1H3,(H,16,17). The average molecular weight is 235 g/mol. The Morgan fingerprint density at radius 3 is 3.12 bits per heavy atom. The van der Waals surface area contributed by atoms with E-state index in [0.29, 0.717) is 24.6 Å². The van der Waals surface area contributed by atoms with Gasteiger partial charge in [0.05, 0.1) is 6.42 Å². The molecule has 0 aliphatic rings. The first-order valence-corrected chi connectivity index (χ1v) is 5.33. The minimum Gasteiger partial charge on any atom is -0.481 e. The van der Waals surface area contributed by atoms with E-state index < -0.39 is 5.97 Å². The largest absolute Gasteiger partial charge is 0.481 e. The van der Waals surface area contributed by atoms with E-state index in [1.807, 2.05) is 11.8 Å². The number of carbonyl (C=O) groups is 1. The predicted octanol–water partition coefficient (Wildman–Crippen LogP) is 0.425. The lowest BCUT2D eigenvalue weighted by Gasteiger charge is -2.20. The summed E-state index contributed by atoms with van der Waals surface area (Å²) < 4.78 is 1.76. The molecule has 0 fully saturated rings. The lowest BCUT2D eigenvalue weighted by atomic mass is 10.3. The van der Waals surface area contributed by atoms with Gasteiger partial charge in [0, 0.05) is 25.5 Å². The van der Waals surface area contributed by atoms with E-state index in [4.69, 9.17) is 5.11 Å². The fourth-order valence-corrected chi connectivity index (χ4v) is 1.61. The van der Waals surface area contributed by atoms with Crippen LogP contribution < -0.4 is 4.90 Å². The van der Waals surface area contributed by atoms with E-state index in [9.17, 15) is 4.79 Å². The first kappa shape index (κ1) is 11.3. The van der Waals surface area contributed by atoms with Gasteiger partial charge in [-0.05, 0) is 6.92 Å². The van der Waals surface area contributed by atoms with E-state index in [1.54, 1.807) is 23.1 Å². The van der Waals surface area contributed by atoms with Gasteiger partial charge in [-0.25, -0.2) is 4.98 Å². The molecule has 90 valence electrons. The number of carboxylic acids is 1. The zero-order valence-corrected chi connectivity index (χ0v) is 9.44. The van der Waals surface area contributed by atoms with Crippen LogP contribution in [0.5, 0.6) is 0 Å². The van der Waals surface area contributed by atoms with E-state index in [2.05, 4.69) is 15.2 Å². The molecule has 7 heteroatoms. The highest BCUT2D eigenvalue weighted by atomic mass is 16.4. The summed E-state index contributed by atoms with van der Waals surface area (Å²) in [6, 6.07) is 0. The Hall–Kier alpha value is -2.18. The average Bonchev–Trinajstić information content (AvgIpc) is 2.78. The van der Waals surface area contributed by atoms with Gasteiger partial charge in [0.25, 0.3) is 0 Å². The molecule has 2 aromatic rings. The van der Waals surface area contributed by atoms with Gasteiger partial charge < -0.3 is 10.0 Å². The van der Waals surface area contributed by atoms with Crippen molar-refractivity contribution in [3.63, 3.8) is 0 Å². The Morgan fingerprint density at radius 1 is 1.59 bits per heavy atom. The molecule has 0 radical (unpaired) electrons. The maximum Gasteiger partial charge on any atom is 0.305 e. The van der Waals surface area contributed by atoms with Crippen molar-refractivity contribution in [2.45, 2.75) is 13.3 Å². The molecule has 0 saturated heterocycles. The van der Waals surface area contributed by atoms with Crippen LogP contribution in [-0.4, -0.2) is 43.7 Å². The van der Waals surface area contributed by atoms with Gasteiger partial charge in [-0.1, -0.05) is 0 Å². The summed E-state index contributed by atoms with van der Waals surface area (Å²) in [6.45, 7) is 3.03. The molecule has 1 N–H and O–H groups in total. The monoisotopic (exact) mass is 235 g/mol. The number of anilines is 1. The molecule has 17 heavy (non-hydrogen) atoms. The Bertz CT molecular complexity index is 524. The van der Waals surface area contributed by atoms with Crippen molar-refractivity contribution in [3.8, 4) is 0 Å². The van der Waals surface area contributed by atoms with E-state index >= 15 is 0 Å². The van der Waals surface area contributed by atoms with Gasteiger partial charge in [-0.15, -0.1) is 10.2 Å². The van der Waals surface area contributed by atoms with Crippen LogP contribution in [0.4, 0.5) is 5.82 Å². The van der Waals surface area contributed by atoms with Gasteiger partial charge in [0.2, 0.25) is 5.65 Å². The third kappa shape index (κ3) is 2.32. The summed E-state index contributed by atoms with van der Waals surface area (Å²) in [5.41, 5.74) is 0.639. The first-order chi connectivity index (χ1) is 8.22. The number of aromatic nitrogens is 4.